The van der Waals surface area contributed by atoms with Crippen molar-refractivity contribution < 1.29 is 19.1 Å². The van der Waals surface area contributed by atoms with Crippen molar-refractivity contribution in [2.75, 3.05) is 11.5 Å². The maximum absolute atomic E-state index is 12.9. The molecule has 3 fully saturated rings. The first kappa shape index (κ1) is 16.3. The minimum atomic E-state index is -0.421. The third-order valence-electron chi connectivity index (χ3n) is 5.82. The number of hydrogen-bond acceptors (Lipinski definition) is 4. The van der Waals surface area contributed by atoms with Crippen molar-refractivity contribution in [2.24, 2.45) is 29.6 Å². The van der Waals surface area contributed by atoms with E-state index >= 15 is 0 Å². The van der Waals surface area contributed by atoms with Gasteiger partial charge in [0.15, 0.2) is 0 Å². The standard InChI is InChI=1S/C20H23NO4/c1-11(2)10-25-20(24)14-4-3-5-15(9-14)21-18(22)16-12-6-7-13(8-12)17(16)19(21)23/h3-5,9,11-13,16-17H,6-8,10H2,1-2H3/t12-,13-,16+,17+/m0/s1. The van der Waals surface area contributed by atoms with E-state index in [0.717, 1.165) is 19.3 Å². The lowest BCUT2D eigenvalue weighted by atomic mass is 9.81. The summed E-state index contributed by atoms with van der Waals surface area (Å²) >= 11 is 0. The molecule has 5 heteroatoms. The molecule has 1 aromatic carbocycles. The molecule has 1 aromatic rings. The number of esters is 1. The Kier molecular flexibility index (Phi) is 3.89. The van der Waals surface area contributed by atoms with Crippen LogP contribution in [0, 0.1) is 29.6 Å². The maximum atomic E-state index is 12.9. The third kappa shape index (κ3) is 2.57. The van der Waals surface area contributed by atoms with E-state index in [0.29, 0.717) is 29.7 Å². The van der Waals surface area contributed by atoms with Gasteiger partial charge in [-0.25, -0.2) is 4.79 Å². The van der Waals surface area contributed by atoms with Gasteiger partial charge in [0, 0.05) is 0 Å². The minimum Gasteiger partial charge on any atom is -0.462 e. The van der Waals surface area contributed by atoms with E-state index < -0.39 is 5.97 Å². The number of rotatable bonds is 4. The SMILES string of the molecule is CC(C)COC(=O)c1cccc(N2C(=O)[C@@H]3[C@H]4CC[C@@H](C4)[C@H]3C2=O)c1. The highest BCUT2D eigenvalue weighted by Crippen LogP contribution is 2.56. The average molecular weight is 341 g/mol. The number of anilines is 1. The molecule has 5 nitrogen and oxygen atoms in total. The van der Waals surface area contributed by atoms with Crippen LogP contribution in [-0.2, 0) is 14.3 Å². The number of nitrogens with zero attached hydrogens (tertiary/aromatic N) is 1. The van der Waals surface area contributed by atoms with Gasteiger partial charge in [-0.1, -0.05) is 19.9 Å². The number of fused-ring (bicyclic) bond motifs is 5. The van der Waals surface area contributed by atoms with Crippen LogP contribution in [0.5, 0.6) is 0 Å². The first-order valence-corrected chi connectivity index (χ1v) is 9.12. The zero-order chi connectivity index (χ0) is 17.7. The number of ether oxygens (including phenoxy) is 1. The number of carbonyl (C=O) groups excluding carboxylic acids is 3. The lowest BCUT2D eigenvalue weighted by Crippen LogP contribution is -2.32. The Hall–Kier alpha value is -2.17. The van der Waals surface area contributed by atoms with Gasteiger partial charge < -0.3 is 4.74 Å². The predicted molar refractivity (Wildman–Crippen MR) is 91.9 cm³/mol. The maximum Gasteiger partial charge on any atom is 0.338 e. The Morgan fingerprint density at radius 3 is 2.40 bits per heavy atom. The molecule has 0 N–H and O–H groups in total. The van der Waals surface area contributed by atoms with Gasteiger partial charge in [0.05, 0.1) is 29.7 Å². The van der Waals surface area contributed by atoms with Gasteiger partial charge in [-0.3, -0.25) is 14.5 Å². The van der Waals surface area contributed by atoms with Gasteiger partial charge in [-0.2, -0.15) is 0 Å². The van der Waals surface area contributed by atoms with Crippen LogP contribution in [0.4, 0.5) is 5.69 Å². The summed E-state index contributed by atoms with van der Waals surface area (Å²) in [7, 11) is 0. The Bertz CT molecular complexity index is 713. The molecule has 0 radical (unpaired) electrons. The fraction of sp³-hybridized carbons (Fsp3) is 0.550. The molecule has 4 atom stereocenters. The number of amides is 2. The number of imide groups is 1. The van der Waals surface area contributed by atoms with Crippen molar-refractivity contribution in [3.8, 4) is 0 Å². The monoisotopic (exact) mass is 341 g/mol. The molecule has 0 unspecified atom stereocenters. The van der Waals surface area contributed by atoms with E-state index in [-0.39, 0.29) is 29.6 Å². The van der Waals surface area contributed by atoms with Crippen LogP contribution in [-0.4, -0.2) is 24.4 Å². The molecule has 25 heavy (non-hydrogen) atoms. The van der Waals surface area contributed by atoms with E-state index in [2.05, 4.69) is 0 Å². The quantitative estimate of drug-likeness (QED) is 0.624. The van der Waals surface area contributed by atoms with E-state index in [1.807, 2.05) is 13.8 Å². The van der Waals surface area contributed by atoms with Crippen molar-refractivity contribution in [1.29, 1.82) is 0 Å². The summed E-state index contributed by atoms with van der Waals surface area (Å²) in [5.41, 5.74) is 0.863. The molecule has 1 aliphatic heterocycles. The van der Waals surface area contributed by atoms with Crippen LogP contribution in [0.15, 0.2) is 24.3 Å². The van der Waals surface area contributed by atoms with Crippen LogP contribution in [0.25, 0.3) is 0 Å². The summed E-state index contributed by atoms with van der Waals surface area (Å²) < 4.78 is 5.25. The van der Waals surface area contributed by atoms with Crippen molar-refractivity contribution in [3.63, 3.8) is 0 Å². The summed E-state index contributed by atoms with van der Waals surface area (Å²) in [6.07, 6.45) is 3.13. The average Bonchev–Trinajstić information content (AvgIpc) is 3.26. The van der Waals surface area contributed by atoms with Gasteiger partial charge in [0.25, 0.3) is 0 Å². The molecule has 3 aliphatic rings. The first-order valence-electron chi connectivity index (χ1n) is 9.12. The normalized spacial score (nSPS) is 30.3. The molecule has 2 amide bonds. The Morgan fingerprint density at radius 2 is 1.80 bits per heavy atom. The zero-order valence-electron chi connectivity index (χ0n) is 14.6. The second kappa shape index (κ2) is 5.97. The highest BCUT2D eigenvalue weighted by Gasteiger charge is 2.61. The molecule has 2 aliphatic carbocycles. The van der Waals surface area contributed by atoms with Crippen LogP contribution in [0.2, 0.25) is 0 Å². The molecule has 0 aromatic heterocycles. The summed E-state index contributed by atoms with van der Waals surface area (Å²) in [6.45, 7) is 4.29. The van der Waals surface area contributed by atoms with Gasteiger partial charge in [-0.15, -0.1) is 0 Å². The second-order valence-corrected chi connectivity index (χ2v) is 7.94. The molecule has 2 bridgehead atoms. The smallest absolute Gasteiger partial charge is 0.338 e. The zero-order valence-corrected chi connectivity index (χ0v) is 14.6. The molecule has 1 saturated heterocycles. The molecular formula is C20H23NO4. The number of carbonyl (C=O) groups is 3. The molecule has 0 spiro atoms. The van der Waals surface area contributed by atoms with Crippen LogP contribution >= 0.6 is 0 Å². The summed E-state index contributed by atoms with van der Waals surface area (Å²) in [6, 6.07) is 6.67. The van der Waals surface area contributed by atoms with Crippen LogP contribution in [0.1, 0.15) is 43.5 Å². The molecular weight excluding hydrogens is 318 g/mol. The Morgan fingerprint density at radius 1 is 1.16 bits per heavy atom. The third-order valence-corrected chi connectivity index (χ3v) is 5.82. The molecule has 132 valence electrons. The molecule has 4 rings (SSSR count). The lowest BCUT2D eigenvalue weighted by Gasteiger charge is -2.19. The van der Waals surface area contributed by atoms with E-state index in [9.17, 15) is 14.4 Å². The second-order valence-electron chi connectivity index (χ2n) is 7.94. The van der Waals surface area contributed by atoms with Gasteiger partial charge in [-0.05, 0) is 55.2 Å². The van der Waals surface area contributed by atoms with Gasteiger partial charge in [0.2, 0.25) is 11.8 Å². The largest absolute Gasteiger partial charge is 0.462 e. The summed E-state index contributed by atoms with van der Waals surface area (Å²) in [5, 5.41) is 0. The summed E-state index contributed by atoms with van der Waals surface area (Å²) in [4.78, 5) is 39.2. The van der Waals surface area contributed by atoms with E-state index in [1.165, 1.54) is 4.90 Å². The Balaban J connectivity index is 1.58. The van der Waals surface area contributed by atoms with E-state index in [4.69, 9.17) is 4.74 Å². The lowest BCUT2D eigenvalue weighted by molar-refractivity contribution is -0.123. The van der Waals surface area contributed by atoms with Crippen LogP contribution in [0.3, 0.4) is 0 Å². The molecule has 2 saturated carbocycles. The highest BCUT2D eigenvalue weighted by atomic mass is 16.5. The van der Waals surface area contributed by atoms with Crippen molar-refractivity contribution in [1.82, 2.24) is 0 Å². The Labute approximate surface area is 147 Å². The fourth-order valence-electron chi connectivity index (χ4n) is 4.76. The van der Waals surface area contributed by atoms with Crippen molar-refractivity contribution in [2.45, 2.75) is 33.1 Å². The topological polar surface area (TPSA) is 63.7 Å². The predicted octanol–water partition coefficient (Wildman–Crippen LogP) is 3.03. The fourth-order valence-corrected chi connectivity index (χ4v) is 4.76. The minimum absolute atomic E-state index is 0.0881. The van der Waals surface area contributed by atoms with Gasteiger partial charge >= 0.3 is 5.97 Å². The molecule has 1 heterocycles. The van der Waals surface area contributed by atoms with Crippen molar-refractivity contribution >= 4 is 23.5 Å². The highest BCUT2D eigenvalue weighted by molar-refractivity contribution is 6.22. The first-order chi connectivity index (χ1) is 12.0. The number of hydrogen-bond donors (Lipinski definition) is 0. The number of benzene rings is 1. The van der Waals surface area contributed by atoms with Gasteiger partial charge in [0.1, 0.15) is 0 Å². The van der Waals surface area contributed by atoms with E-state index in [1.54, 1.807) is 24.3 Å². The van der Waals surface area contributed by atoms with Crippen molar-refractivity contribution in [3.05, 3.63) is 29.8 Å². The summed E-state index contributed by atoms with van der Waals surface area (Å²) in [5.74, 6) is 0.0697. The van der Waals surface area contributed by atoms with Crippen LogP contribution < -0.4 is 4.90 Å².